The number of nitrogens with one attached hydrogen (secondary N) is 1. The molecule has 6 heteroatoms. The predicted octanol–water partition coefficient (Wildman–Crippen LogP) is 4.81. The molecule has 1 aromatic carbocycles. The number of hydrogen-bond acceptors (Lipinski definition) is 3. The Morgan fingerprint density at radius 2 is 2.00 bits per heavy atom. The second-order valence-corrected chi connectivity index (χ2v) is 6.49. The summed E-state index contributed by atoms with van der Waals surface area (Å²) in [4.78, 5) is 1.22. The smallest absolute Gasteiger partial charge is 0.138 e. The molecule has 18 heavy (non-hydrogen) atoms. The summed E-state index contributed by atoms with van der Waals surface area (Å²) in [5.41, 5.74) is 0.697. The zero-order valence-corrected chi connectivity index (χ0v) is 13.1. The molecule has 0 fully saturated rings. The van der Waals surface area contributed by atoms with Crippen LogP contribution in [0.3, 0.4) is 0 Å². The molecule has 0 aliphatic rings. The van der Waals surface area contributed by atoms with Crippen LogP contribution in [0.15, 0.2) is 28.1 Å². The molecule has 0 radical (unpaired) electrons. The van der Waals surface area contributed by atoms with E-state index in [2.05, 4.69) is 27.3 Å². The first-order chi connectivity index (χ1) is 8.56. The molecule has 2 aromatic rings. The van der Waals surface area contributed by atoms with Crippen molar-refractivity contribution in [2.24, 2.45) is 0 Å². The molecule has 2 rings (SSSR count). The quantitative estimate of drug-likeness (QED) is 0.813. The lowest BCUT2D eigenvalue weighted by molar-refractivity contribution is 0.465. The van der Waals surface area contributed by atoms with Gasteiger partial charge in [0.15, 0.2) is 0 Å². The van der Waals surface area contributed by atoms with Crippen LogP contribution >= 0.6 is 50.5 Å². The van der Waals surface area contributed by atoms with Crippen LogP contribution in [0.4, 0.5) is 0 Å². The van der Waals surface area contributed by atoms with Gasteiger partial charge in [-0.15, -0.1) is 11.3 Å². The summed E-state index contributed by atoms with van der Waals surface area (Å²) >= 11 is 16.8. The zero-order valence-electron chi connectivity index (χ0n) is 9.21. The van der Waals surface area contributed by atoms with Crippen molar-refractivity contribution in [3.8, 4) is 5.75 Å². The average Bonchev–Trinajstić information content (AvgIpc) is 2.71. The van der Waals surface area contributed by atoms with Gasteiger partial charge in [-0.1, -0.05) is 23.2 Å². The molecular formula is C12H10BrCl2NOS. The molecule has 0 aliphatic carbocycles. The summed E-state index contributed by atoms with van der Waals surface area (Å²) in [5, 5.41) is 15.9. The van der Waals surface area contributed by atoms with Crippen molar-refractivity contribution in [2.45, 2.75) is 13.1 Å². The number of phenolic OH excluding ortho intramolecular Hbond substituents is 1. The number of benzene rings is 1. The third kappa shape index (κ3) is 3.62. The van der Waals surface area contributed by atoms with Crippen LogP contribution in [0.5, 0.6) is 5.75 Å². The van der Waals surface area contributed by atoms with Crippen molar-refractivity contribution >= 4 is 50.5 Å². The highest BCUT2D eigenvalue weighted by Crippen LogP contribution is 2.31. The highest BCUT2D eigenvalue weighted by Gasteiger charge is 2.07. The number of rotatable bonds is 4. The number of aromatic hydroxyl groups is 1. The predicted molar refractivity (Wildman–Crippen MR) is 80.7 cm³/mol. The van der Waals surface area contributed by atoms with Gasteiger partial charge in [-0.05, 0) is 34.1 Å². The molecule has 2 nitrogen and oxygen atoms in total. The summed E-state index contributed by atoms with van der Waals surface area (Å²) in [6, 6.07) is 5.29. The minimum Gasteiger partial charge on any atom is -0.506 e. The first kappa shape index (κ1) is 14.2. The Morgan fingerprint density at radius 1 is 1.22 bits per heavy atom. The SMILES string of the molecule is Oc1c(Cl)cc(Cl)cc1CNCc1cc(Br)cs1. The van der Waals surface area contributed by atoms with Gasteiger partial charge in [0.1, 0.15) is 5.75 Å². The van der Waals surface area contributed by atoms with Gasteiger partial charge >= 0.3 is 0 Å². The van der Waals surface area contributed by atoms with E-state index in [1.54, 1.807) is 17.4 Å². The van der Waals surface area contributed by atoms with Gasteiger partial charge in [0.2, 0.25) is 0 Å². The fourth-order valence-corrected chi connectivity index (χ4v) is 3.48. The number of halogens is 3. The maximum atomic E-state index is 9.79. The van der Waals surface area contributed by atoms with E-state index >= 15 is 0 Å². The van der Waals surface area contributed by atoms with E-state index in [9.17, 15) is 5.11 Å². The van der Waals surface area contributed by atoms with E-state index in [0.717, 1.165) is 11.0 Å². The van der Waals surface area contributed by atoms with Gasteiger partial charge in [-0.2, -0.15) is 0 Å². The first-order valence-corrected chi connectivity index (χ1v) is 7.59. The second kappa shape index (κ2) is 6.26. The normalized spacial score (nSPS) is 10.8. The van der Waals surface area contributed by atoms with Crippen molar-refractivity contribution < 1.29 is 5.11 Å². The highest BCUT2D eigenvalue weighted by molar-refractivity contribution is 9.10. The van der Waals surface area contributed by atoms with Gasteiger partial charge in [0, 0.05) is 38.4 Å². The first-order valence-electron chi connectivity index (χ1n) is 5.17. The van der Waals surface area contributed by atoms with Crippen LogP contribution in [-0.2, 0) is 13.1 Å². The van der Waals surface area contributed by atoms with Gasteiger partial charge in [0.05, 0.1) is 5.02 Å². The molecule has 0 aliphatic heterocycles. The molecule has 96 valence electrons. The minimum atomic E-state index is 0.0842. The highest BCUT2D eigenvalue weighted by atomic mass is 79.9. The summed E-state index contributed by atoms with van der Waals surface area (Å²) < 4.78 is 1.08. The van der Waals surface area contributed by atoms with Gasteiger partial charge in [0.25, 0.3) is 0 Å². The third-order valence-corrected chi connectivity index (χ3v) is 4.55. The second-order valence-electron chi connectivity index (χ2n) is 3.73. The molecule has 0 saturated carbocycles. The molecule has 0 saturated heterocycles. The van der Waals surface area contributed by atoms with Crippen LogP contribution in [0.25, 0.3) is 0 Å². The molecule has 1 aromatic heterocycles. The summed E-state index contributed by atoms with van der Waals surface area (Å²) in [6.07, 6.45) is 0. The van der Waals surface area contributed by atoms with Crippen molar-refractivity contribution in [1.29, 1.82) is 0 Å². The maximum Gasteiger partial charge on any atom is 0.138 e. The lowest BCUT2D eigenvalue weighted by atomic mass is 10.2. The lowest BCUT2D eigenvalue weighted by Crippen LogP contribution is -2.11. The van der Waals surface area contributed by atoms with Crippen LogP contribution in [0, 0.1) is 0 Å². The van der Waals surface area contributed by atoms with Gasteiger partial charge in [-0.25, -0.2) is 0 Å². The molecule has 2 N–H and O–H groups in total. The minimum absolute atomic E-state index is 0.0842. The summed E-state index contributed by atoms with van der Waals surface area (Å²) in [7, 11) is 0. The van der Waals surface area contributed by atoms with Crippen molar-refractivity contribution in [1.82, 2.24) is 5.32 Å². The lowest BCUT2D eigenvalue weighted by Gasteiger charge is -2.08. The van der Waals surface area contributed by atoms with E-state index in [1.807, 2.05) is 5.38 Å². The number of phenols is 1. The fraction of sp³-hybridized carbons (Fsp3) is 0.167. The maximum absolute atomic E-state index is 9.79. The van der Waals surface area contributed by atoms with Crippen LogP contribution in [0.2, 0.25) is 10.0 Å². The average molecular weight is 367 g/mol. The monoisotopic (exact) mass is 365 g/mol. The fourth-order valence-electron chi connectivity index (χ4n) is 1.52. The summed E-state index contributed by atoms with van der Waals surface area (Å²) in [5.74, 6) is 0.0842. The Kier molecular flexibility index (Phi) is 4.92. The Hall–Kier alpha value is -0.260. The Morgan fingerprint density at radius 3 is 2.67 bits per heavy atom. The third-order valence-electron chi connectivity index (χ3n) is 2.34. The Balaban J connectivity index is 1.98. The Bertz CT molecular complexity index is 559. The standard InChI is InChI=1S/C12H10BrCl2NOS/c13-8-2-10(18-6-8)5-16-4-7-1-9(14)3-11(15)12(7)17/h1-3,6,16-17H,4-5H2. The zero-order chi connectivity index (χ0) is 13.1. The van der Waals surface area contributed by atoms with E-state index in [4.69, 9.17) is 23.2 Å². The van der Waals surface area contributed by atoms with E-state index in [0.29, 0.717) is 17.1 Å². The summed E-state index contributed by atoms with van der Waals surface area (Å²) in [6.45, 7) is 1.25. The van der Waals surface area contributed by atoms with Crippen molar-refractivity contribution in [3.05, 3.63) is 48.5 Å². The van der Waals surface area contributed by atoms with Crippen molar-refractivity contribution in [2.75, 3.05) is 0 Å². The van der Waals surface area contributed by atoms with Crippen LogP contribution in [-0.4, -0.2) is 5.11 Å². The van der Waals surface area contributed by atoms with Gasteiger partial charge in [-0.3, -0.25) is 0 Å². The van der Waals surface area contributed by atoms with E-state index in [-0.39, 0.29) is 10.8 Å². The van der Waals surface area contributed by atoms with Gasteiger partial charge < -0.3 is 10.4 Å². The largest absolute Gasteiger partial charge is 0.506 e. The Labute approximate surface area is 128 Å². The van der Waals surface area contributed by atoms with Crippen LogP contribution in [0.1, 0.15) is 10.4 Å². The van der Waals surface area contributed by atoms with Crippen molar-refractivity contribution in [3.63, 3.8) is 0 Å². The topological polar surface area (TPSA) is 32.3 Å². The van der Waals surface area contributed by atoms with E-state index < -0.39 is 0 Å². The molecule has 1 heterocycles. The number of hydrogen-bond donors (Lipinski definition) is 2. The number of thiophene rings is 1. The molecule has 0 spiro atoms. The van der Waals surface area contributed by atoms with Crippen LogP contribution < -0.4 is 5.32 Å². The molecular weight excluding hydrogens is 357 g/mol. The molecule has 0 unspecified atom stereocenters. The molecule has 0 amide bonds. The van der Waals surface area contributed by atoms with E-state index in [1.165, 1.54) is 10.9 Å². The molecule has 0 bridgehead atoms. The molecule has 0 atom stereocenters.